The Morgan fingerprint density at radius 3 is 1.82 bits per heavy atom. The number of carbonyl (C=O) groups excluding carboxylic acids is 1. The zero-order valence-electron chi connectivity index (χ0n) is 21.7. The Morgan fingerprint density at radius 2 is 1.28 bits per heavy atom. The molecule has 0 aromatic heterocycles. The first-order valence-corrected chi connectivity index (χ1v) is 13.4. The fraction of sp³-hybridized carbons (Fsp3) is 0.387. The van der Waals surface area contributed by atoms with Crippen molar-refractivity contribution in [3.63, 3.8) is 0 Å². The summed E-state index contributed by atoms with van der Waals surface area (Å²) in [7, 11) is 0. The van der Waals surface area contributed by atoms with E-state index in [1.54, 1.807) is 12.1 Å². The maximum atomic E-state index is 13.7. The van der Waals surface area contributed by atoms with Crippen molar-refractivity contribution in [1.82, 2.24) is 10.2 Å². The Hall–Kier alpha value is -3.03. The Morgan fingerprint density at radius 1 is 0.769 bits per heavy atom. The molecule has 2 aliphatic heterocycles. The molecule has 1 atom stereocenters. The number of likely N-dealkylation sites (tertiary alicyclic amines) is 1. The molecule has 1 saturated carbocycles. The average molecular weight is 556 g/mol. The van der Waals surface area contributed by atoms with Crippen LogP contribution in [0.25, 0.3) is 0 Å². The van der Waals surface area contributed by atoms with Gasteiger partial charge in [-0.1, -0.05) is 24.3 Å². The minimum absolute atomic E-state index is 0. The SMILES string of the molecule is Cl.O=C1NCN(c2ccc(F)cc2)C12CCN(CC1CCC(c3ccc(F)cc3)(c3ccc(F)cc3)C1)CC2. The van der Waals surface area contributed by atoms with Crippen molar-refractivity contribution in [1.29, 1.82) is 0 Å². The number of amides is 1. The number of rotatable bonds is 5. The van der Waals surface area contributed by atoms with E-state index in [0.29, 0.717) is 25.4 Å². The molecule has 1 amide bonds. The van der Waals surface area contributed by atoms with Crippen LogP contribution < -0.4 is 10.2 Å². The molecular formula is C31H33ClF3N3O. The topological polar surface area (TPSA) is 35.6 Å². The third-order valence-corrected chi connectivity index (χ3v) is 9.09. The lowest BCUT2D eigenvalue weighted by molar-refractivity contribution is -0.125. The minimum atomic E-state index is -0.601. The van der Waals surface area contributed by atoms with Gasteiger partial charge in [-0.25, -0.2) is 13.2 Å². The number of benzene rings is 3. The second-order valence-electron chi connectivity index (χ2n) is 11.1. The summed E-state index contributed by atoms with van der Waals surface area (Å²) in [6.45, 7) is 2.98. The normalized spacial score (nSPS) is 22.1. The lowest BCUT2D eigenvalue weighted by Gasteiger charge is -2.44. The third kappa shape index (κ3) is 5.03. The van der Waals surface area contributed by atoms with Crippen molar-refractivity contribution in [3.8, 4) is 0 Å². The van der Waals surface area contributed by atoms with E-state index in [9.17, 15) is 18.0 Å². The molecule has 1 aliphatic carbocycles. The highest BCUT2D eigenvalue weighted by Crippen LogP contribution is 2.49. The van der Waals surface area contributed by atoms with Crippen LogP contribution >= 0.6 is 12.4 Å². The van der Waals surface area contributed by atoms with Gasteiger partial charge in [-0.3, -0.25) is 4.79 Å². The summed E-state index contributed by atoms with van der Waals surface area (Å²) in [4.78, 5) is 17.5. The van der Waals surface area contributed by atoms with Crippen LogP contribution in [0.5, 0.6) is 0 Å². The molecule has 6 rings (SSSR count). The van der Waals surface area contributed by atoms with E-state index in [1.165, 1.54) is 36.4 Å². The van der Waals surface area contributed by atoms with E-state index in [1.807, 2.05) is 24.3 Å². The van der Waals surface area contributed by atoms with Crippen molar-refractivity contribution in [2.75, 3.05) is 31.2 Å². The molecule has 3 aromatic rings. The van der Waals surface area contributed by atoms with Gasteiger partial charge in [0.05, 0.1) is 6.67 Å². The van der Waals surface area contributed by atoms with E-state index >= 15 is 0 Å². The highest BCUT2D eigenvalue weighted by atomic mass is 35.5. The summed E-state index contributed by atoms with van der Waals surface area (Å²) in [5.74, 6) is -0.320. The first kappa shape index (κ1) is 27.5. The molecule has 3 fully saturated rings. The molecule has 4 nitrogen and oxygen atoms in total. The second kappa shape index (κ2) is 10.9. The summed E-state index contributed by atoms with van der Waals surface area (Å²) in [5, 5.41) is 3.01. The Kier molecular flexibility index (Phi) is 7.66. The van der Waals surface area contributed by atoms with Gasteiger partial charge in [-0.2, -0.15) is 0 Å². The van der Waals surface area contributed by atoms with Crippen molar-refractivity contribution in [2.45, 2.75) is 43.1 Å². The Balaban J connectivity index is 0.00000308. The van der Waals surface area contributed by atoms with Crippen LogP contribution in [0.3, 0.4) is 0 Å². The molecule has 1 unspecified atom stereocenters. The first-order chi connectivity index (χ1) is 18.4. The number of carbonyl (C=O) groups is 1. The van der Waals surface area contributed by atoms with Crippen LogP contribution in [0.1, 0.15) is 43.2 Å². The van der Waals surface area contributed by atoms with Crippen LogP contribution in [0, 0.1) is 23.4 Å². The fourth-order valence-corrected chi connectivity index (χ4v) is 7.05. The second-order valence-corrected chi connectivity index (χ2v) is 11.1. The first-order valence-electron chi connectivity index (χ1n) is 13.4. The molecule has 3 aromatic carbocycles. The summed E-state index contributed by atoms with van der Waals surface area (Å²) in [6, 6.07) is 19.9. The van der Waals surface area contributed by atoms with Crippen molar-refractivity contribution >= 4 is 24.0 Å². The summed E-state index contributed by atoms with van der Waals surface area (Å²) < 4.78 is 41.0. The lowest BCUT2D eigenvalue weighted by Crippen LogP contribution is -2.56. The van der Waals surface area contributed by atoms with Crippen LogP contribution in [-0.4, -0.2) is 42.6 Å². The molecule has 206 valence electrons. The largest absolute Gasteiger partial charge is 0.339 e. The fourth-order valence-electron chi connectivity index (χ4n) is 7.05. The number of piperidine rings is 1. The Bertz CT molecular complexity index is 1250. The number of hydrogen-bond acceptors (Lipinski definition) is 3. The lowest BCUT2D eigenvalue weighted by atomic mass is 9.72. The molecule has 2 heterocycles. The average Bonchev–Trinajstić information content (AvgIpc) is 3.49. The number of nitrogens with one attached hydrogen (secondary N) is 1. The zero-order valence-corrected chi connectivity index (χ0v) is 22.5. The minimum Gasteiger partial charge on any atom is -0.339 e. The molecule has 8 heteroatoms. The molecule has 0 bridgehead atoms. The van der Waals surface area contributed by atoms with E-state index in [0.717, 1.165) is 55.7 Å². The maximum Gasteiger partial charge on any atom is 0.247 e. The van der Waals surface area contributed by atoms with E-state index in [-0.39, 0.29) is 41.2 Å². The monoisotopic (exact) mass is 555 g/mol. The predicted octanol–water partition coefficient (Wildman–Crippen LogP) is 6.04. The highest BCUT2D eigenvalue weighted by molar-refractivity contribution is 5.93. The molecule has 1 N–H and O–H groups in total. The molecule has 3 aliphatic rings. The summed E-state index contributed by atoms with van der Waals surface area (Å²) >= 11 is 0. The Labute approximate surface area is 233 Å². The molecule has 39 heavy (non-hydrogen) atoms. The standard InChI is InChI=1S/C31H32F3N3O.ClH/c32-25-5-1-23(2-6-25)30(24-3-7-26(33)8-4-24)14-13-22(19-30)20-36-17-15-31(16-18-36)29(38)35-21-37(31)28-11-9-27(34)10-12-28;/h1-12,22H,13-21H2,(H,35,38);1H. The van der Waals surface area contributed by atoms with Crippen LogP contribution in [0.4, 0.5) is 18.9 Å². The van der Waals surface area contributed by atoms with Crippen LogP contribution in [0.15, 0.2) is 72.8 Å². The number of hydrogen-bond donors (Lipinski definition) is 1. The third-order valence-electron chi connectivity index (χ3n) is 9.09. The van der Waals surface area contributed by atoms with Gasteiger partial charge in [-0.05, 0) is 97.7 Å². The smallest absolute Gasteiger partial charge is 0.247 e. The van der Waals surface area contributed by atoms with E-state index in [4.69, 9.17) is 0 Å². The van der Waals surface area contributed by atoms with Crippen LogP contribution in [-0.2, 0) is 10.2 Å². The maximum absolute atomic E-state index is 13.7. The quantitative estimate of drug-likeness (QED) is 0.417. The predicted molar refractivity (Wildman–Crippen MR) is 148 cm³/mol. The van der Waals surface area contributed by atoms with Gasteiger partial charge in [0.2, 0.25) is 5.91 Å². The van der Waals surface area contributed by atoms with E-state index < -0.39 is 5.54 Å². The van der Waals surface area contributed by atoms with Gasteiger partial charge >= 0.3 is 0 Å². The highest BCUT2D eigenvalue weighted by Gasteiger charge is 2.51. The van der Waals surface area contributed by atoms with Crippen molar-refractivity contribution < 1.29 is 18.0 Å². The van der Waals surface area contributed by atoms with Crippen molar-refractivity contribution in [3.05, 3.63) is 101 Å². The van der Waals surface area contributed by atoms with E-state index in [2.05, 4.69) is 15.1 Å². The molecule has 2 saturated heterocycles. The number of nitrogens with zero attached hydrogens (tertiary/aromatic N) is 2. The van der Waals surface area contributed by atoms with Gasteiger partial charge < -0.3 is 15.1 Å². The van der Waals surface area contributed by atoms with Gasteiger partial charge in [-0.15, -0.1) is 12.4 Å². The van der Waals surface area contributed by atoms with Gasteiger partial charge in [0.1, 0.15) is 23.0 Å². The molecular weight excluding hydrogens is 523 g/mol. The van der Waals surface area contributed by atoms with Crippen LogP contribution in [0.2, 0.25) is 0 Å². The summed E-state index contributed by atoms with van der Waals surface area (Å²) in [5.41, 5.74) is 2.13. The number of halogens is 4. The molecule has 1 spiro atoms. The zero-order chi connectivity index (χ0) is 26.3. The van der Waals surface area contributed by atoms with Crippen molar-refractivity contribution in [2.24, 2.45) is 5.92 Å². The number of anilines is 1. The summed E-state index contributed by atoms with van der Waals surface area (Å²) in [6.07, 6.45) is 4.29. The van der Waals surface area contributed by atoms with Gasteiger partial charge in [0.25, 0.3) is 0 Å². The molecule has 0 radical (unpaired) electrons. The van der Waals surface area contributed by atoms with Gasteiger partial charge in [0.15, 0.2) is 0 Å². The van der Waals surface area contributed by atoms with Gasteiger partial charge in [0, 0.05) is 30.7 Å².